The van der Waals surface area contributed by atoms with E-state index in [0.717, 1.165) is 0 Å². The van der Waals surface area contributed by atoms with E-state index in [1.165, 1.54) is 60.7 Å². The molecule has 2 heterocycles. The SMILES string of the molecule is CC1(C)C(/C=C/C(=C/C=C2/N(CCCS(=O)(=O)[O-])c3ccc4ccc(S(=O)(=O)[O-])cc4c3C2(C)C)CCC(=O)Nc2ccc(C(=O)[O-])cc2)=[N+](CCCS(=O)(=O)[O-])c2ccc3ccc(S(=O)(=O)[O-])cc3c21.[Na+].[Na+].[Na+].[Na+]. The number of carboxylic acids is 1. The minimum Gasteiger partial charge on any atom is -0.748 e. The van der Waals surface area contributed by atoms with E-state index in [2.05, 4.69) is 5.32 Å². The number of aromatic carboxylic acids is 1. The largest absolute Gasteiger partial charge is 1.00 e. The Hall–Kier alpha value is -2.11. The minimum absolute atomic E-state index is 0. The van der Waals surface area contributed by atoms with E-state index in [1.54, 1.807) is 58.0 Å². The molecule has 0 aliphatic carbocycles. The Bertz CT molecular complexity index is 3640. The van der Waals surface area contributed by atoms with Gasteiger partial charge in [0.25, 0.3) is 0 Å². The Morgan fingerprint density at radius 1 is 0.653 bits per heavy atom. The number of benzene rings is 5. The second kappa shape index (κ2) is 26.0. The van der Waals surface area contributed by atoms with Crippen molar-refractivity contribution in [3.05, 3.63) is 137 Å². The van der Waals surface area contributed by atoms with Crippen molar-refractivity contribution < 1.29 is 189 Å². The molecule has 0 saturated carbocycles. The molecule has 7 rings (SSSR count). The number of nitrogens with zero attached hydrogens (tertiary/aromatic N) is 2. The molecule has 18 nitrogen and oxygen atoms in total. The zero-order chi connectivity index (χ0) is 52.1. The van der Waals surface area contributed by atoms with Crippen LogP contribution in [-0.4, -0.2) is 98.6 Å². The van der Waals surface area contributed by atoms with Crippen molar-refractivity contribution in [1.82, 2.24) is 0 Å². The standard InChI is InChI=1S/C49H51N3O15S4.4Na/c1-48(2)42(51(25-5-27-68(56,57)58)40-20-14-32-12-18-36(70(62,63)64)29-38(32)45(40)48)22-7-31(9-24-44(53)50-35-16-10-34(11-17-35)47(54)55)8-23-43-49(3,4)46-39-30-37(71(65,66)67)19-13-33(39)15-21-41(46)52(43)26-6-28-69(59,60)61;;;;/h7-8,10-23,29-30H,5-6,9,24-28H2,1-4H3,(H5-,50,53,54,55,56,57,58,59,60,61,62,63,64,65,66,67);;;;/q;4*+1/p-4. The number of carboxylic acid groups (broad SMARTS) is 1. The second-order valence-electron chi connectivity index (χ2n) is 18.3. The first kappa shape index (κ1) is 67.2. The number of hydrogen-bond donors (Lipinski definition) is 1. The molecule has 1 amide bonds. The van der Waals surface area contributed by atoms with Gasteiger partial charge in [0.05, 0.1) is 41.4 Å². The summed E-state index contributed by atoms with van der Waals surface area (Å²) in [5.74, 6) is -3.24. The van der Waals surface area contributed by atoms with E-state index >= 15 is 0 Å². The maximum Gasteiger partial charge on any atom is 1.00 e. The molecule has 26 heteroatoms. The number of hydrogen-bond acceptors (Lipinski definition) is 16. The van der Waals surface area contributed by atoms with E-state index in [0.29, 0.717) is 66.7 Å². The summed E-state index contributed by atoms with van der Waals surface area (Å²) in [6.45, 7) is 7.45. The van der Waals surface area contributed by atoms with Gasteiger partial charge in [0.1, 0.15) is 26.8 Å². The van der Waals surface area contributed by atoms with Crippen LogP contribution in [0, 0.1) is 0 Å². The van der Waals surface area contributed by atoms with Crippen molar-refractivity contribution in [2.45, 2.75) is 74.0 Å². The molecular weight excluding hydrogens is 1090 g/mol. The fourth-order valence-corrected chi connectivity index (χ4v) is 11.4. The molecule has 5 aromatic rings. The molecule has 0 atom stereocenters. The summed E-state index contributed by atoms with van der Waals surface area (Å²) < 4.78 is 146. The smallest absolute Gasteiger partial charge is 0.748 e. The summed E-state index contributed by atoms with van der Waals surface area (Å²) in [6, 6.07) is 20.3. The maximum atomic E-state index is 13.5. The van der Waals surface area contributed by atoms with Gasteiger partial charge in [-0.25, -0.2) is 33.7 Å². The second-order valence-corrected chi connectivity index (χ2v) is 24.1. The summed E-state index contributed by atoms with van der Waals surface area (Å²) in [5, 5.41) is 16.2. The predicted molar refractivity (Wildman–Crippen MR) is 259 cm³/mol. The molecule has 0 fully saturated rings. The van der Waals surface area contributed by atoms with Crippen molar-refractivity contribution in [2.75, 3.05) is 34.8 Å². The molecule has 2 aliphatic heterocycles. The molecule has 0 aromatic heterocycles. The molecule has 75 heavy (non-hydrogen) atoms. The van der Waals surface area contributed by atoms with Crippen LogP contribution in [0.2, 0.25) is 0 Å². The van der Waals surface area contributed by atoms with Gasteiger partial charge in [-0.3, -0.25) is 4.79 Å². The van der Waals surface area contributed by atoms with E-state index in [9.17, 15) is 66.6 Å². The fraction of sp³-hybridized carbons (Fsp3) is 0.286. The fourth-order valence-electron chi connectivity index (χ4n) is 9.48. The molecule has 0 bridgehead atoms. The van der Waals surface area contributed by atoms with Crippen LogP contribution in [0.15, 0.2) is 130 Å². The third kappa shape index (κ3) is 15.8. The Morgan fingerprint density at radius 3 is 1.71 bits per heavy atom. The number of carbonyl (C=O) groups excluding carboxylic acids is 2. The summed E-state index contributed by atoms with van der Waals surface area (Å²) >= 11 is 0. The molecule has 0 spiro atoms. The van der Waals surface area contributed by atoms with Gasteiger partial charge in [-0.15, -0.1) is 0 Å². The molecule has 0 unspecified atom stereocenters. The van der Waals surface area contributed by atoms with Crippen molar-refractivity contribution >= 4 is 96.7 Å². The average Bonchev–Trinajstić information content (AvgIpc) is 3.62. The van der Waals surface area contributed by atoms with Gasteiger partial charge in [0.15, 0.2) is 5.71 Å². The van der Waals surface area contributed by atoms with Crippen LogP contribution in [-0.2, 0) is 56.1 Å². The van der Waals surface area contributed by atoms with Crippen LogP contribution in [0.3, 0.4) is 0 Å². The minimum atomic E-state index is -4.88. The van der Waals surface area contributed by atoms with Crippen molar-refractivity contribution in [3.63, 3.8) is 0 Å². The van der Waals surface area contributed by atoms with Gasteiger partial charge in [0, 0.05) is 71.1 Å². The average molecular weight is 1140 g/mol. The molecule has 0 radical (unpaired) electrons. The van der Waals surface area contributed by atoms with Crippen LogP contribution in [0.4, 0.5) is 17.1 Å². The number of anilines is 2. The maximum absolute atomic E-state index is 13.5. The summed E-state index contributed by atoms with van der Waals surface area (Å²) in [5.41, 5.74) is 2.26. The first-order chi connectivity index (χ1) is 33.0. The summed E-state index contributed by atoms with van der Waals surface area (Å²) in [6.07, 6.45) is 6.67. The van der Waals surface area contributed by atoms with Crippen molar-refractivity contribution in [2.24, 2.45) is 0 Å². The molecule has 0 saturated heterocycles. The zero-order valence-corrected chi connectivity index (χ0v) is 54.0. The van der Waals surface area contributed by atoms with Gasteiger partial charge < -0.3 is 38.3 Å². The van der Waals surface area contributed by atoms with Gasteiger partial charge in [-0.05, 0) is 120 Å². The van der Waals surface area contributed by atoms with Crippen LogP contribution in [0.1, 0.15) is 74.9 Å². The first-order valence-corrected chi connectivity index (χ1v) is 28.0. The molecule has 2 aliphatic rings. The normalized spacial score (nSPS) is 15.7. The third-order valence-electron chi connectivity index (χ3n) is 12.7. The number of allylic oxidation sites excluding steroid dienone is 6. The third-order valence-corrected chi connectivity index (χ3v) is 16.0. The predicted octanol–water partition coefficient (Wildman–Crippen LogP) is -6.99. The quantitative estimate of drug-likeness (QED) is 0.0369. The van der Waals surface area contributed by atoms with E-state index in [4.69, 9.17) is 0 Å². The first-order valence-electron chi connectivity index (χ1n) is 22.0. The Morgan fingerprint density at radius 2 is 1.17 bits per heavy atom. The summed E-state index contributed by atoms with van der Waals surface area (Å²) in [4.78, 5) is 25.7. The van der Waals surface area contributed by atoms with Gasteiger partial charge >= 0.3 is 118 Å². The van der Waals surface area contributed by atoms with Crippen molar-refractivity contribution in [3.8, 4) is 0 Å². The van der Waals surface area contributed by atoms with E-state index < -0.39 is 84.5 Å². The van der Waals surface area contributed by atoms with Crippen LogP contribution >= 0.6 is 0 Å². The van der Waals surface area contributed by atoms with Gasteiger partial charge in [-0.1, -0.05) is 56.3 Å². The van der Waals surface area contributed by atoms with Crippen LogP contribution < -0.4 is 134 Å². The zero-order valence-electron chi connectivity index (χ0n) is 42.7. The Kier molecular flexibility index (Phi) is 23.3. The monoisotopic (exact) mass is 1140 g/mol. The Labute approximate surface area is 525 Å². The topological polar surface area (TPSA) is 304 Å². The van der Waals surface area contributed by atoms with Gasteiger partial charge in [-0.2, -0.15) is 4.58 Å². The van der Waals surface area contributed by atoms with E-state index in [1.807, 2.05) is 27.7 Å². The number of nitrogens with one attached hydrogen (secondary N) is 1. The van der Waals surface area contributed by atoms with Crippen molar-refractivity contribution in [1.29, 1.82) is 0 Å². The van der Waals surface area contributed by atoms with E-state index in [-0.39, 0.29) is 163 Å². The van der Waals surface area contributed by atoms with Crippen LogP contribution in [0.25, 0.3) is 21.5 Å². The van der Waals surface area contributed by atoms with Gasteiger partial charge in [0.2, 0.25) is 11.6 Å². The summed E-state index contributed by atoms with van der Waals surface area (Å²) in [7, 11) is -19.0. The Balaban J connectivity index is 0.00000371. The molecule has 376 valence electrons. The molecule has 1 N–H and O–H groups in total. The molecule has 5 aromatic carbocycles. The van der Waals surface area contributed by atoms with Crippen LogP contribution in [0.5, 0.6) is 0 Å². The number of fused-ring (bicyclic) bond motifs is 6. The number of carbonyl (C=O) groups is 2. The number of rotatable bonds is 18. The molecular formula is C49H47N3Na4O15S4. The number of amides is 1.